The lowest BCUT2D eigenvalue weighted by molar-refractivity contribution is -0.142. The van der Waals surface area contributed by atoms with Crippen molar-refractivity contribution < 1.29 is 84.6 Å². The maximum Gasteiger partial charge on any atom is 0.306 e. The molecule has 10 atom stereocenters. The largest absolute Gasteiger partial charge is 0.481 e. The lowest BCUT2D eigenvalue weighted by atomic mass is 9.85. The molecule has 1 aromatic carbocycles. The number of carbonyl (C=O) groups excluding carboxylic acids is 5. The summed E-state index contributed by atoms with van der Waals surface area (Å²) >= 11 is 0. The number of amides is 2. The van der Waals surface area contributed by atoms with Gasteiger partial charge in [-0.2, -0.15) is 4.98 Å². The van der Waals surface area contributed by atoms with Gasteiger partial charge < -0.3 is 72.2 Å². The molecule has 0 spiro atoms. The zero-order chi connectivity index (χ0) is 50.1. The number of aliphatic hydroxyl groups is 8. The van der Waals surface area contributed by atoms with Crippen molar-refractivity contribution in [1.29, 1.82) is 0 Å². The van der Waals surface area contributed by atoms with Gasteiger partial charge in [-0.3, -0.25) is 38.5 Å². The van der Waals surface area contributed by atoms with Gasteiger partial charge in [0.2, 0.25) is 17.8 Å². The Hall–Kier alpha value is -6.19. The monoisotopic (exact) mass is 947 g/mol. The molecule has 0 aliphatic carbocycles. The Labute approximate surface area is 381 Å². The Balaban J connectivity index is 1.69. The molecule has 67 heavy (non-hydrogen) atoms. The Bertz CT molecular complexity index is 2260. The number of aromatic nitrogens is 4. The number of nitrogens with zero attached hydrogens (tertiary/aromatic N) is 3. The lowest BCUT2D eigenvalue weighted by Gasteiger charge is -2.30. The van der Waals surface area contributed by atoms with Gasteiger partial charge in [-0.25, -0.2) is 9.97 Å². The van der Waals surface area contributed by atoms with Crippen LogP contribution in [0.4, 0.5) is 5.95 Å². The van der Waals surface area contributed by atoms with Crippen LogP contribution in [0.5, 0.6) is 0 Å². The summed E-state index contributed by atoms with van der Waals surface area (Å²) in [6, 6.07) is 2.78. The molecule has 2 amide bonds. The number of aliphatic hydroxyl groups excluding tert-OH is 8. The zero-order valence-electron chi connectivity index (χ0n) is 36.3. The maximum absolute atomic E-state index is 13.5. The van der Waals surface area contributed by atoms with E-state index < -0.39 is 172 Å². The number of hydrogen-bond donors (Lipinski definition) is 14. The number of carboxylic acid groups (broad SMARTS) is 2. The van der Waals surface area contributed by atoms with E-state index in [2.05, 4.69) is 30.6 Å². The van der Waals surface area contributed by atoms with Gasteiger partial charge in [-0.05, 0) is 38.2 Å². The van der Waals surface area contributed by atoms with Crippen molar-refractivity contribution in [1.82, 2.24) is 30.6 Å². The van der Waals surface area contributed by atoms with E-state index in [0.29, 0.717) is 18.5 Å². The molecule has 25 nitrogen and oxygen atoms in total. The fourth-order valence-electron chi connectivity index (χ4n) is 7.02. The van der Waals surface area contributed by atoms with Crippen molar-refractivity contribution in [2.75, 3.05) is 18.9 Å². The van der Waals surface area contributed by atoms with Crippen LogP contribution in [0.2, 0.25) is 0 Å². The van der Waals surface area contributed by atoms with Crippen molar-refractivity contribution in [3.63, 3.8) is 0 Å². The first-order valence-electron chi connectivity index (χ1n) is 21.0. The fraction of sp³-hybridized carbons (Fsp3) is 0.548. The second-order valence-corrected chi connectivity index (χ2v) is 16.1. The SMILES string of the molecule is CC(=O)C[C@@H](CC(=O)[C@H](CCC(=O)O)NC(=O)C[C@@H](NC(=O)CC[C@H](CC(=O)c1ccc(CCc2cnc3nc(N)[nH]c(=O)c3n2)cc1)C(=O)O)[C@@H](O)[C@H](O)[C@H](O)CO)[C@@H](O)[C@H](O)[C@H](O)CO. The van der Waals surface area contributed by atoms with Gasteiger partial charge in [-0.1, -0.05) is 24.3 Å². The summed E-state index contributed by atoms with van der Waals surface area (Å²) in [5.74, 6) is -9.99. The number of benzene rings is 1. The summed E-state index contributed by atoms with van der Waals surface area (Å²) in [4.78, 5) is 116. The first-order valence-corrected chi connectivity index (χ1v) is 21.0. The quantitative estimate of drug-likeness (QED) is 0.0284. The molecule has 0 bridgehead atoms. The third-order valence-electron chi connectivity index (χ3n) is 10.8. The van der Waals surface area contributed by atoms with E-state index in [4.69, 9.17) is 5.73 Å². The van der Waals surface area contributed by atoms with Crippen molar-refractivity contribution in [3.8, 4) is 0 Å². The Morgan fingerprint density at radius 3 is 1.94 bits per heavy atom. The molecule has 2 heterocycles. The molecule has 0 fully saturated rings. The number of rotatable bonds is 30. The van der Waals surface area contributed by atoms with E-state index in [9.17, 15) is 89.4 Å². The molecule has 2 aromatic heterocycles. The molecular formula is C42H57N7O18. The van der Waals surface area contributed by atoms with E-state index in [1.807, 2.05) is 0 Å². The average molecular weight is 948 g/mol. The Kier molecular flexibility index (Phi) is 21.6. The van der Waals surface area contributed by atoms with Gasteiger partial charge >= 0.3 is 11.9 Å². The standard InChI is InChI=1S/C42H57N7O18/c1-19(52)12-23(35(61)37(63)29(55)17-50)14-28(54)25(9-11-33(59)60)46-32(58)15-26(36(62)38(64)30(56)18-51)47-31(57)10-7-22(41(66)67)13-27(53)21-5-2-20(3-6-21)4-8-24-16-44-39-34(45-24)40(65)49-42(43)48-39/h2-3,5-6,16,22-23,25-26,29-30,35-38,50-51,55-56,61-64H,4,7-15,17-18H2,1H3,(H,46,58)(H,47,57)(H,59,60)(H,66,67)(H3,43,44,48,49,65)/t22-,23+,25+,26-,29-,30-,35-,36-,37-,38-/m1/s1. The number of carbonyl (C=O) groups is 7. The van der Waals surface area contributed by atoms with Gasteiger partial charge in [-0.15, -0.1) is 0 Å². The molecule has 3 aromatic rings. The topological polar surface area (TPSA) is 443 Å². The number of aliphatic carboxylic acids is 2. The predicted octanol–water partition coefficient (Wildman–Crippen LogP) is -3.94. The highest BCUT2D eigenvalue weighted by Crippen LogP contribution is 2.23. The van der Waals surface area contributed by atoms with Crippen molar-refractivity contribution in [2.45, 2.75) is 120 Å². The number of fused-ring (bicyclic) bond motifs is 1. The highest BCUT2D eigenvalue weighted by Gasteiger charge is 2.37. The second kappa shape index (κ2) is 26.2. The number of Topliss-reactive ketones (excluding diaryl/α,β-unsaturated/α-hetero) is 3. The number of carboxylic acids is 2. The number of nitrogens with one attached hydrogen (secondary N) is 3. The highest BCUT2D eigenvalue weighted by molar-refractivity contribution is 5.98. The van der Waals surface area contributed by atoms with E-state index in [0.717, 1.165) is 12.5 Å². The summed E-state index contributed by atoms with van der Waals surface area (Å²) in [6.45, 7) is -0.971. The van der Waals surface area contributed by atoms with Crippen LogP contribution in [0.3, 0.4) is 0 Å². The maximum atomic E-state index is 13.5. The van der Waals surface area contributed by atoms with Crippen LogP contribution in [0, 0.1) is 11.8 Å². The van der Waals surface area contributed by atoms with Crippen LogP contribution in [-0.4, -0.2) is 174 Å². The van der Waals surface area contributed by atoms with Crippen molar-refractivity contribution >= 4 is 58.2 Å². The van der Waals surface area contributed by atoms with Gasteiger partial charge in [0.05, 0.1) is 49.2 Å². The molecule has 25 heteroatoms. The van der Waals surface area contributed by atoms with Crippen LogP contribution < -0.4 is 21.9 Å². The average Bonchev–Trinajstić information content (AvgIpc) is 3.28. The Morgan fingerprint density at radius 1 is 0.731 bits per heavy atom. The highest BCUT2D eigenvalue weighted by atomic mass is 16.4. The van der Waals surface area contributed by atoms with Crippen LogP contribution in [0.1, 0.15) is 79.9 Å². The summed E-state index contributed by atoms with van der Waals surface area (Å²) in [7, 11) is 0. The van der Waals surface area contributed by atoms with Gasteiger partial charge in [0.1, 0.15) is 36.3 Å². The minimum atomic E-state index is -2.19. The number of hydrogen-bond acceptors (Lipinski definition) is 20. The zero-order valence-corrected chi connectivity index (χ0v) is 36.3. The molecule has 368 valence electrons. The number of aryl methyl sites for hydroxylation is 2. The summed E-state index contributed by atoms with van der Waals surface area (Å²) in [5, 5.41) is 104. The smallest absolute Gasteiger partial charge is 0.306 e. The van der Waals surface area contributed by atoms with Gasteiger partial charge in [0.25, 0.3) is 5.56 Å². The first-order chi connectivity index (χ1) is 31.5. The molecule has 15 N–H and O–H groups in total. The van der Waals surface area contributed by atoms with Crippen LogP contribution >= 0.6 is 0 Å². The van der Waals surface area contributed by atoms with Crippen molar-refractivity contribution in [2.24, 2.45) is 11.8 Å². The third-order valence-corrected chi connectivity index (χ3v) is 10.8. The first kappa shape index (κ1) is 55.1. The molecule has 0 unspecified atom stereocenters. The van der Waals surface area contributed by atoms with E-state index in [1.165, 1.54) is 18.3 Å². The summed E-state index contributed by atoms with van der Waals surface area (Å²) < 4.78 is 0. The van der Waals surface area contributed by atoms with Gasteiger partial charge in [0, 0.05) is 50.0 Å². The molecule has 0 radical (unpaired) electrons. The van der Waals surface area contributed by atoms with E-state index in [1.54, 1.807) is 12.1 Å². The number of anilines is 1. The van der Waals surface area contributed by atoms with Gasteiger partial charge in [0.15, 0.2) is 22.7 Å². The summed E-state index contributed by atoms with van der Waals surface area (Å²) in [5.41, 5.74) is 6.50. The molecule has 0 aliphatic rings. The van der Waals surface area contributed by atoms with E-state index >= 15 is 0 Å². The van der Waals surface area contributed by atoms with E-state index in [-0.39, 0.29) is 22.7 Å². The third kappa shape index (κ3) is 17.2. The normalized spacial score (nSPS) is 16.0. The van der Waals surface area contributed by atoms with Crippen molar-refractivity contribution in [3.05, 3.63) is 57.6 Å². The molecule has 3 rings (SSSR count). The number of nitrogen functional groups attached to an aromatic ring is 1. The number of H-pyrrole nitrogens is 1. The van der Waals surface area contributed by atoms with Crippen LogP contribution in [0.25, 0.3) is 11.2 Å². The second-order valence-electron chi connectivity index (χ2n) is 16.1. The summed E-state index contributed by atoms with van der Waals surface area (Å²) in [6.07, 6.45) is -15.1. The minimum absolute atomic E-state index is 0.0145. The predicted molar refractivity (Wildman–Crippen MR) is 229 cm³/mol. The number of nitrogens with two attached hydrogens (primary N) is 1. The fourth-order valence-corrected chi connectivity index (χ4v) is 7.02. The lowest BCUT2D eigenvalue weighted by Crippen LogP contribution is -2.55. The Morgan fingerprint density at radius 2 is 1.36 bits per heavy atom. The van der Waals surface area contributed by atoms with Crippen LogP contribution in [-0.2, 0) is 41.6 Å². The molecular weight excluding hydrogens is 890 g/mol. The molecule has 0 aliphatic heterocycles. The molecule has 0 saturated carbocycles. The number of ketones is 3. The minimum Gasteiger partial charge on any atom is -0.481 e. The number of aromatic amines is 1. The van der Waals surface area contributed by atoms with Crippen LogP contribution in [0.15, 0.2) is 35.3 Å². The molecule has 0 saturated heterocycles.